The first-order chi connectivity index (χ1) is 9.75. The SMILES string of the molecule is CNc1nc(C(C)(C)C)nc(-c2cccc(C)c2C)c1C. The lowest BCUT2D eigenvalue weighted by Gasteiger charge is -2.21. The smallest absolute Gasteiger partial charge is 0.136 e. The summed E-state index contributed by atoms with van der Waals surface area (Å²) in [5, 5.41) is 3.20. The molecule has 2 rings (SSSR count). The maximum Gasteiger partial charge on any atom is 0.136 e. The molecule has 0 aliphatic rings. The third-order valence-electron chi connectivity index (χ3n) is 3.91. The lowest BCUT2D eigenvalue weighted by atomic mass is 9.93. The van der Waals surface area contributed by atoms with Crippen molar-refractivity contribution in [2.24, 2.45) is 0 Å². The van der Waals surface area contributed by atoms with E-state index in [1.165, 1.54) is 16.7 Å². The van der Waals surface area contributed by atoms with Crippen LogP contribution >= 0.6 is 0 Å². The Hall–Kier alpha value is -1.90. The van der Waals surface area contributed by atoms with Gasteiger partial charge in [-0.15, -0.1) is 0 Å². The number of nitrogens with zero attached hydrogens (tertiary/aromatic N) is 2. The number of aryl methyl sites for hydroxylation is 1. The quantitative estimate of drug-likeness (QED) is 0.887. The van der Waals surface area contributed by atoms with Gasteiger partial charge in [0, 0.05) is 23.6 Å². The van der Waals surface area contributed by atoms with Crippen molar-refractivity contribution in [3.05, 3.63) is 40.7 Å². The lowest BCUT2D eigenvalue weighted by molar-refractivity contribution is 0.546. The Kier molecular flexibility index (Phi) is 4.04. The second kappa shape index (κ2) is 5.47. The molecule has 0 aliphatic heterocycles. The molecule has 0 amide bonds. The molecule has 0 saturated carbocycles. The van der Waals surface area contributed by atoms with Crippen molar-refractivity contribution in [2.45, 2.75) is 47.0 Å². The normalized spacial score (nSPS) is 11.6. The summed E-state index contributed by atoms with van der Waals surface area (Å²) in [5.41, 5.74) is 5.80. The molecule has 2 aromatic rings. The Morgan fingerprint density at radius 3 is 2.19 bits per heavy atom. The minimum atomic E-state index is -0.0776. The fourth-order valence-electron chi connectivity index (χ4n) is 2.37. The number of anilines is 1. The minimum Gasteiger partial charge on any atom is -0.373 e. The summed E-state index contributed by atoms with van der Waals surface area (Å²) in [6.07, 6.45) is 0. The number of aromatic nitrogens is 2. The molecule has 0 spiro atoms. The summed E-state index contributed by atoms with van der Waals surface area (Å²) in [6, 6.07) is 6.37. The Bertz CT molecular complexity index is 667. The fourth-order valence-corrected chi connectivity index (χ4v) is 2.37. The van der Waals surface area contributed by atoms with Crippen LogP contribution in [0.4, 0.5) is 5.82 Å². The van der Waals surface area contributed by atoms with Crippen molar-refractivity contribution >= 4 is 5.82 Å². The number of rotatable bonds is 2. The first-order valence-corrected chi connectivity index (χ1v) is 7.39. The minimum absolute atomic E-state index is 0.0776. The molecular weight excluding hydrogens is 258 g/mol. The highest BCUT2D eigenvalue weighted by Gasteiger charge is 2.22. The molecule has 0 aliphatic carbocycles. The molecule has 0 unspecified atom stereocenters. The number of nitrogens with one attached hydrogen (secondary N) is 1. The monoisotopic (exact) mass is 283 g/mol. The topological polar surface area (TPSA) is 37.8 Å². The number of hydrogen-bond donors (Lipinski definition) is 1. The van der Waals surface area contributed by atoms with Crippen LogP contribution in [0.5, 0.6) is 0 Å². The van der Waals surface area contributed by atoms with E-state index in [9.17, 15) is 0 Å². The van der Waals surface area contributed by atoms with E-state index in [1.807, 2.05) is 7.05 Å². The van der Waals surface area contributed by atoms with Crippen LogP contribution in [0.2, 0.25) is 0 Å². The van der Waals surface area contributed by atoms with Crippen LogP contribution in [0.15, 0.2) is 18.2 Å². The van der Waals surface area contributed by atoms with Gasteiger partial charge in [-0.2, -0.15) is 0 Å². The molecule has 21 heavy (non-hydrogen) atoms. The van der Waals surface area contributed by atoms with Gasteiger partial charge in [0.05, 0.1) is 5.69 Å². The predicted octanol–water partition coefficient (Wildman–Crippen LogP) is 4.41. The zero-order chi connectivity index (χ0) is 15.8. The van der Waals surface area contributed by atoms with Gasteiger partial charge in [-0.05, 0) is 31.9 Å². The van der Waals surface area contributed by atoms with E-state index in [0.29, 0.717) is 0 Å². The van der Waals surface area contributed by atoms with Gasteiger partial charge in [0.25, 0.3) is 0 Å². The van der Waals surface area contributed by atoms with E-state index in [2.05, 4.69) is 70.0 Å². The summed E-state index contributed by atoms with van der Waals surface area (Å²) >= 11 is 0. The molecule has 0 atom stereocenters. The predicted molar refractivity (Wildman–Crippen MR) is 89.9 cm³/mol. The van der Waals surface area contributed by atoms with E-state index >= 15 is 0 Å². The first kappa shape index (κ1) is 15.5. The molecule has 112 valence electrons. The van der Waals surface area contributed by atoms with E-state index in [0.717, 1.165) is 22.9 Å². The van der Waals surface area contributed by atoms with E-state index in [1.54, 1.807) is 0 Å². The maximum absolute atomic E-state index is 4.87. The standard InChI is InChI=1S/C18H25N3/c1-11-9-8-10-14(12(11)2)15-13(3)16(19-7)21-17(20-15)18(4,5)6/h8-10H,1-7H3,(H,19,20,21). The van der Waals surface area contributed by atoms with Gasteiger partial charge >= 0.3 is 0 Å². The fraction of sp³-hybridized carbons (Fsp3) is 0.444. The molecule has 1 aromatic heterocycles. The second-order valence-corrected chi connectivity index (χ2v) is 6.62. The van der Waals surface area contributed by atoms with Gasteiger partial charge in [0.15, 0.2) is 0 Å². The first-order valence-electron chi connectivity index (χ1n) is 7.39. The molecule has 0 radical (unpaired) electrons. The number of hydrogen-bond acceptors (Lipinski definition) is 3. The molecule has 1 aromatic carbocycles. The molecule has 0 saturated heterocycles. The lowest BCUT2D eigenvalue weighted by Crippen LogP contribution is -2.18. The average molecular weight is 283 g/mol. The average Bonchev–Trinajstić information content (AvgIpc) is 2.41. The second-order valence-electron chi connectivity index (χ2n) is 6.62. The van der Waals surface area contributed by atoms with Crippen molar-refractivity contribution in [1.82, 2.24) is 9.97 Å². The van der Waals surface area contributed by atoms with Crippen molar-refractivity contribution in [3.63, 3.8) is 0 Å². The van der Waals surface area contributed by atoms with Crippen LogP contribution in [0.25, 0.3) is 11.3 Å². The van der Waals surface area contributed by atoms with E-state index in [-0.39, 0.29) is 5.41 Å². The van der Waals surface area contributed by atoms with Gasteiger partial charge in [-0.25, -0.2) is 9.97 Å². The summed E-state index contributed by atoms with van der Waals surface area (Å²) in [7, 11) is 1.91. The third-order valence-corrected chi connectivity index (χ3v) is 3.91. The Morgan fingerprint density at radius 2 is 1.62 bits per heavy atom. The van der Waals surface area contributed by atoms with Crippen LogP contribution in [0.1, 0.15) is 43.3 Å². The number of benzene rings is 1. The summed E-state index contributed by atoms with van der Waals surface area (Å²) < 4.78 is 0. The van der Waals surface area contributed by atoms with Gasteiger partial charge in [-0.1, -0.05) is 39.0 Å². The van der Waals surface area contributed by atoms with Gasteiger partial charge < -0.3 is 5.32 Å². The highest BCUT2D eigenvalue weighted by molar-refractivity contribution is 5.71. The summed E-state index contributed by atoms with van der Waals surface area (Å²) in [4.78, 5) is 9.55. The maximum atomic E-state index is 4.87. The van der Waals surface area contributed by atoms with Gasteiger partial charge in [-0.3, -0.25) is 0 Å². The van der Waals surface area contributed by atoms with Crippen LogP contribution in [0, 0.1) is 20.8 Å². The summed E-state index contributed by atoms with van der Waals surface area (Å²) in [5.74, 6) is 1.78. The zero-order valence-corrected chi connectivity index (χ0v) is 14.1. The molecular formula is C18H25N3. The molecule has 1 heterocycles. The Morgan fingerprint density at radius 1 is 0.952 bits per heavy atom. The highest BCUT2D eigenvalue weighted by Crippen LogP contribution is 2.32. The molecule has 1 N–H and O–H groups in total. The van der Waals surface area contributed by atoms with Crippen molar-refractivity contribution < 1.29 is 0 Å². The van der Waals surface area contributed by atoms with Crippen molar-refractivity contribution in [2.75, 3.05) is 12.4 Å². The zero-order valence-electron chi connectivity index (χ0n) is 14.1. The van der Waals surface area contributed by atoms with Crippen LogP contribution in [0.3, 0.4) is 0 Å². The molecule has 0 bridgehead atoms. The molecule has 0 fully saturated rings. The Balaban J connectivity index is 2.76. The summed E-state index contributed by atoms with van der Waals surface area (Å²) in [6.45, 7) is 12.8. The van der Waals surface area contributed by atoms with Crippen molar-refractivity contribution in [1.29, 1.82) is 0 Å². The van der Waals surface area contributed by atoms with Crippen LogP contribution in [-0.2, 0) is 5.41 Å². The Labute approximate surface area is 127 Å². The third kappa shape index (κ3) is 2.92. The molecule has 3 nitrogen and oxygen atoms in total. The van der Waals surface area contributed by atoms with Crippen LogP contribution < -0.4 is 5.32 Å². The van der Waals surface area contributed by atoms with E-state index < -0.39 is 0 Å². The van der Waals surface area contributed by atoms with Crippen LogP contribution in [-0.4, -0.2) is 17.0 Å². The van der Waals surface area contributed by atoms with Crippen molar-refractivity contribution in [3.8, 4) is 11.3 Å². The highest BCUT2D eigenvalue weighted by atomic mass is 15.0. The van der Waals surface area contributed by atoms with E-state index in [4.69, 9.17) is 4.98 Å². The molecule has 3 heteroatoms. The van der Waals surface area contributed by atoms with Gasteiger partial charge in [0.1, 0.15) is 11.6 Å². The largest absolute Gasteiger partial charge is 0.373 e. The van der Waals surface area contributed by atoms with Gasteiger partial charge in [0.2, 0.25) is 0 Å².